The Labute approximate surface area is 135 Å². The normalized spacial score (nSPS) is 15.6. The third-order valence-corrected chi connectivity index (χ3v) is 4.18. The number of pyridine rings is 1. The van der Waals surface area contributed by atoms with Crippen molar-refractivity contribution in [1.29, 1.82) is 0 Å². The Morgan fingerprint density at radius 2 is 2.04 bits per heavy atom. The number of benzene rings is 1. The summed E-state index contributed by atoms with van der Waals surface area (Å²) in [5.41, 5.74) is 1.10. The molecule has 0 amide bonds. The second-order valence-corrected chi connectivity index (χ2v) is 5.76. The number of hydrogen-bond donors (Lipinski definition) is 1. The van der Waals surface area contributed by atoms with Crippen molar-refractivity contribution in [2.24, 2.45) is 0 Å². The summed E-state index contributed by atoms with van der Waals surface area (Å²) in [5.74, 6) is 1.03. The van der Waals surface area contributed by atoms with Gasteiger partial charge in [-0.1, -0.05) is 18.2 Å². The van der Waals surface area contributed by atoms with Crippen molar-refractivity contribution < 1.29 is 4.92 Å². The highest BCUT2D eigenvalue weighted by Crippen LogP contribution is 2.18. The molecule has 1 aliphatic rings. The van der Waals surface area contributed by atoms with Crippen LogP contribution in [0.5, 0.6) is 0 Å². The summed E-state index contributed by atoms with van der Waals surface area (Å²) < 4.78 is 0. The molecule has 1 fully saturated rings. The zero-order valence-electron chi connectivity index (χ0n) is 12.9. The van der Waals surface area contributed by atoms with E-state index in [1.165, 1.54) is 6.07 Å². The Bertz CT molecular complexity index is 655. The average molecular weight is 312 g/mol. The molecule has 0 spiro atoms. The lowest BCUT2D eigenvalue weighted by molar-refractivity contribution is -0.384. The van der Waals surface area contributed by atoms with Gasteiger partial charge in [0.25, 0.3) is 5.69 Å². The summed E-state index contributed by atoms with van der Waals surface area (Å²) in [5, 5.41) is 14.3. The zero-order chi connectivity index (χ0) is 16.1. The van der Waals surface area contributed by atoms with Gasteiger partial charge < -0.3 is 10.2 Å². The van der Waals surface area contributed by atoms with Gasteiger partial charge in [-0.25, -0.2) is 4.98 Å². The molecule has 1 aromatic carbocycles. The molecule has 0 bridgehead atoms. The number of hydrogen-bond acceptors (Lipinski definition) is 5. The SMILES string of the molecule is O=[N+]([O-])c1cccc(CNC2CCN(c3ccccn3)CC2)c1. The number of nitro groups is 1. The third-order valence-electron chi connectivity index (χ3n) is 4.18. The zero-order valence-corrected chi connectivity index (χ0v) is 12.9. The molecule has 3 rings (SSSR count). The Hall–Kier alpha value is -2.47. The molecule has 120 valence electrons. The number of nitrogens with one attached hydrogen (secondary N) is 1. The van der Waals surface area contributed by atoms with Gasteiger partial charge in [-0.15, -0.1) is 0 Å². The molecule has 6 nitrogen and oxygen atoms in total. The number of aromatic nitrogens is 1. The fraction of sp³-hybridized carbons (Fsp3) is 0.353. The fourth-order valence-electron chi connectivity index (χ4n) is 2.90. The fourth-order valence-corrected chi connectivity index (χ4v) is 2.90. The first-order valence-electron chi connectivity index (χ1n) is 7.85. The lowest BCUT2D eigenvalue weighted by Gasteiger charge is -2.33. The van der Waals surface area contributed by atoms with Crippen molar-refractivity contribution in [2.45, 2.75) is 25.4 Å². The number of nitrogens with zero attached hydrogens (tertiary/aromatic N) is 3. The van der Waals surface area contributed by atoms with Crippen LogP contribution >= 0.6 is 0 Å². The first-order valence-corrected chi connectivity index (χ1v) is 7.85. The van der Waals surface area contributed by atoms with E-state index in [0.29, 0.717) is 12.6 Å². The summed E-state index contributed by atoms with van der Waals surface area (Å²) in [6, 6.07) is 13.2. The maximum Gasteiger partial charge on any atom is 0.269 e. The van der Waals surface area contributed by atoms with Crippen LogP contribution in [0.4, 0.5) is 11.5 Å². The van der Waals surface area contributed by atoms with Crippen LogP contribution in [-0.4, -0.2) is 29.0 Å². The number of anilines is 1. The molecule has 0 aliphatic carbocycles. The van der Waals surface area contributed by atoms with Gasteiger partial charge in [-0.05, 0) is 30.5 Å². The highest BCUT2D eigenvalue weighted by Gasteiger charge is 2.19. The number of rotatable bonds is 5. The van der Waals surface area contributed by atoms with E-state index in [0.717, 1.165) is 37.3 Å². The lowest BCUT2D eigenvalue weighted by atomic mass is 10.0. The Balaban J connectivity index is 1.49. The predicted molar refractivity (Wildman–Crippen MR) is 89.4 cm³/mol. The highest BCUT2D eigenvalue weighted by atomic mass is 16.6. The van der Waals surface area contributed by atoms with Crippen LogP contribution in [0.1, 0.15) is 18.4 Å². The van der Waals surface area contributed by atoms with E-state index in [1.807, 2.05) is 30.5 Å². The van der Waals surface area contributed by atoms with Crippen molar-refractivity contribution in [1.82, 2.24) is 10.3 Å². The summed E-state index contributed by atoms with van der Waals surface area (Å²) in [6.07, 6.45) is 3.92. The van der Waals surface area contributed by atoms with Gasteiger partial charge in [0.2, 0.25) is 0 Å². The van der Waals surface area contributed by atoms with Crippen molar-refractivity contribution in [3.05, 3.63) is 64.3 Å². The van der Waals surface area contributed by atoms with Crippen LogP contribution in [0.3, 0.4) is 0 Å². The van der Waals surface area contributed by atoms with Gasteiger partial charge in [-0.2, -0.15) is 0 Å². The summed E-state index contributed by atoms with van der Waals surface area (Å²) in [7, 11) is 0. The minimum absolute atomic E-state index is 0.147. The molecule has 0 atom stereocenters. The standard InChI is InChI=1S/C17H20N4O2/c22-21(23)16-5-3-4-14(12-16)13-19-15-7-10-20(11-8-15)17-6-1-2-9-18-17/h1-6,9,12,15,19H,7-8,10-11,13H2. The maximum absolute atomic E-state index is 10.8. The van der Waals surface area contributed by atoms with Crippen LogP contribution < -0.4 is 10.2 Å². The Morgan fingerprint density at radius 3 is 2.74 bits per heavy atom. The first-order chi connectivity index (χ1) is 11.2. The third kappa shape index (κ3) is 4.04. The van der Waals surface area contributed by atoms with Crippen LogP contribution in [0.15, 0.2) is 48.7 Å². The van der Waals surface area contributed by atoms with Gasteiger partial charge in [0.05, 0.1) is 4.92 Å². The van der Waals surface area contributed by atoms with Crippen molar-refractivity contribution in [3.63, 3.8) is 0 Å². The van der Waals surface area contributed by atoms with E-state index in [4.69, 9.17) is 0 Å². The smallest absolute Gasteiger partial charge is 0.269 e. The molecule has 23 heavy (non-hydrogen) atoms. The van der Waals surface area contributed by atoms with Crippen LogP contribution in [0.25, 0.3) is 0 Å². The molecule has 1 saturated heterocycles. The lowest BCUT2D eigenvalue weighted by Crippen LogP contribution is -2.42. The van der Waals surface area contributed by atoms with Gasteiger partial charge in [0.1, 0.15) is 5.82 Å². The molecule has 6 heteroatoms. The molecular formula is C17H20N4O2. The van der Waals surface area contributed by atoms with Gasteiger partial charge in [-0.3, -0.25) is 10.1 Å². The largest absolute Gasteiger partial charge is 0.357 e. The summed E-state index contributed by atoms with van der Waals surface area (Å²) >= 11 is 0. The topological polar surface area (TPSA) is 71.3 Å². The minimum Gasteiger partial charge on any atom is -0.357 e. The average Bonchev–Trinajstić information content (AvgIpc) is 2.61. The molecule has 0 radical (unpaired) electrons. The van der Waals surface area contributed by atoms with Crippen LogP contribution in [0.2, 0.25) is 0 Å². The second kappa shape index (κ2) is 7.19. The van der Waals surface area contributed by atoms with E-state index in [1.54, 1.807) is 12.1 Å². The second-order valence-electron chi connectivity index (χ2n) is 5.76. The molecule has 0 saturated carbocycles. The maximum atomic E-state index is 10.8. The quantitative estimate of drug-likeness (QED) is 0.679. The monoisotopic (exact) mass is 312 g/mol. The van der Waals surface area contributed by atoms with E-state index >= 15 is 0 Å². The van der Waals surface area contributed by atoms with Gasteiger partial charge in [0, 0.05) is 44.0 Å². The molecule has 1 aromatic heterocycles. The Morgan fingerprint density at radius 1 is 1.22 bits per heavy atom. The van der Waals surface area contributed by atoms with E-state index in [-0.39, 0.29) is 10.6 Å². The molecule has 2 heterocycles. The van der Waals surface area contributed by atoms with Gasteiger partial charge >= 0.3 is 0 Å². The molecule has 0 unspecified atom stereocenters. The number of non-ortho nitro benzene ring substituents is 1. The van der Waals surface area contributed by atoms with Crippen molar-refractivity contribution in [3.8, 4) is 0 Å². The van der Waals surface area contributed by atoms with Crippen molar-refractivity contribution in [2.75, 3.05) is 18.0 Å². The minimum atomic E-state index is -0.352. The van der Waals surface area contributed by atoms with E-state index in [9.17, 15) is 10.1 Å². The predicted octanol–water partition coefficient (Wildman–Crippen LogP) is 2.75. The van der Waals surface area contributed by atoms with Crippen LogP contribution in [0, 0.1) is 10.1 Å². The Kier molecular flexibility index (Phi) is 4.83. The van der Waals surface area contributed by atoms with Gasteiger partial charge in [0.15, 0.2) is 0 Å². The summed E-state index contributed by atoms with van der Waals surface area (Å²) in [6.45, 7) is 2.61. The number of piperidine rings is 1. The molecule has 2 aromatic rings. The number of nitro benzene ring substituents is 1. The van der Waals surface area contributed by atoms with Crippen LogP contribution in [-0.2, 0) is 6.54 Å². The van der Waals surface area contributed by atoms with E-state index < -0.39 is 0 Å². The van der Waals surface area contributed by atoms with E-state index in [2.05, 4.69) is 15.2 Å². The molecule has 1 N–H and O–H groups in total. The highest BCUT2D eigenvalue weighted by molar-refractivity contribution is 5.38. The summed E-state index contributed by atoms with van der Waals surface area (Å²) in [4.78, 5) is 17.1. The first kappa shape index (κ1) is 15.4. The molecule has 1 aliphatic heterocycles. The molecular weight excluding hydrogens is 292 g/mol. The van der Waals surface area contributed by atoms with Crippen molar-refractivity contribution >= 4 is 11.5 Å².